The topological polar surface area (TPSA) is 69.0 Å². The summed E-state index contributed by atoms with van der Waals surface area (Å²) >= 11 is 5.93. The van der Waals surface area contributed by atoms with Crippen molar-refractivity contribution in [1.82, 2.24) is 20.1 Å². The molecule has 1 aliphatic heterocycles. The van der Waals surface area contributed by atoms with E-state index in [1.165, 1.54) is 7.11 Å². The standard InChI is InChI=1S/C14H15ClN4O2/c1-21-11-5-4-9(15)7-10(11)14(20)16-8-13-18-17-12-3-2-6-19(12)13/h4-5,7H,2-3,6,8H2,1H3,(H,16,20). The molecule has 0 saturated heterocycles. The highest BCUT2D eigenvalue weighted by molar-refractivity contribution is 6.31. The maximum Gasteiger partial charge on any atom is 0.255 e. The van der Waals surface area contributed by atoms with E-state index in [1.54, 1.807) is 18.2 Å². The van der Waals surface area contributed by atoms with Gasteiger partial charge in [0.15, 0.2) is 5.82 Å². The fraction of sp³-hybridized carbons (Fsp3) is 0.357. The number of ether oxygens (including phenoxy) is 1. The van der Waals surface area contributed by atoms with Crippen LogP contribution in [0.3, 0.4) is 0 Å². The first-order valence-corrected chi connectivity index (χ1v) is 7.09. The Bertz CT molecular complexity index is 684. The molecule has 1 aromatic carbocycles. The highest BCUT2D eigenvalue weighted by Gasteiger charge is 2.18. The molecule has 0 saturated carbocycles. The van der Waals surface area contributed by atoms with Crippen molar-refractivity contribution in [2.45, 2.75) is 25.9 Å². The molecule has 3 rings (SSSR count). The number of nitrogens with one attached hydrogen (secondary N) is 1. The van der Waals surface area contributed by atoms with Crippen LogP contribution in [0.25, 0.3) is 0 Å². The molecular weight excluding hydrogens is 292 g/mol. The summed E-state index contributed by atoms with van der Waals surface area (Å²) in [4.78, 5) is 12.3. The first-order chi connectivity index (χ1) is 10.2. The highest BCUT2D eigenvalue weighted by Crippen LogP contribution is 2.22. The minimum absolute atomic E-state index is 0.246. The molecule has 7 heteroatoms. The number of carbonyl (C=O) groups is 1. The summed E-state index contributed by atoms with van der Waals surface area (Å²) in [6, 6.07) is 4.94. The quantitative estimate of drug-likeness (QED) is 0.935. The molecule has 0 bridgehead atoms. The molecule has 2 heterocycles. The molecular formula is C14H15ClN4O2. The summed E-state index contributed by atoms with van der Waals surface area (Å²) in [5, 5.41) is 11.5. The van der Waals surface area contributed by atoms with Crippen molar-refractivity contribution in [2.24, 2.45) is 0 Å². The van der Waals surface area contributed by atoms with Gasteiger partial charge in [0.2, 0.25) is 0 Å². The second kappa shape index (κ2) is 5.73. The molecule has 0 aliphatic carbocycles. The van der Waals surface area contributed by atoms with Gasteiger partial charge in [0.25, 0.3) is 5.91 Å². The Balaban J connectivity index is 1.73. The maximum absolute atomic E-state index is 12.3. The van der Waals surface area contributed by atoms with Crippen molar-refractivity contribution in [1.29, 1.82) is 0 Å². The number of hydrogen-bond acceptors (Lipinski definition) is 4. The van der Waals surface area contributed by atoms with Crippen LogP contribution in [-0.4, -0.2) is 27.8 Å². The second-order valence-corrected chi connectivity index (χ2v) is 5.25. The number of aryl methyl sites for hydroxylation is 1. The van der Waals surface area contributed by atoms with Gasteiger partial charge >= 0.3 is 0 Å². The average molecular weight is 307 g/mol. The van der Waals surface area contributed by atoms with Crippen LogP contribution in [0.2, 0.25) is 5.02 Å². The van der Waals surface area contributed by atoms with Crippen molar-refractivity contribution in [3.63, 3.8) is 0 Å². The lowest BCUT2D eigenvalue weighted by Gasteiger charge is -2.09. The van der Waals surface area contributed by atoms with Crippen molar-refractivity contribution in [3.05, 3.63) is 40.4 Å². The molecule has 2 aromatic rings. The minimum atomic E-state index is -0.246. The monoisotopic (exact) mass is 306 g/mol. The molecule has 6 nitrogen and oxygen atoms in total. The summed E-state index contributed by atoms with van der Waals surface area (Å²) in [5.74, 6) is 2.00. The lowest BCUT2D eigenvalue weighted by atomic mass is 10.2. The summed E-state index contributed by atoms with van der Waals surface area (Å²) < 4.78 is 7.23. The van der Waals surface area contributed by atoms with Crippen LogP contribution in [0.5, 0.6) is 5.75 Å². The number of halogens is 1. The average Bonchev–Trinajstić information content (AvgIpc) is 3.08. The number of methoxy groups -OCH3 is 1. The van der Waals surface area contributed by atoms with E-state index >= 15 is 0 Å². The van der Waals surface area contributed by atoms with Gasteiger partial charge in [-0.05, 0) is 24.6 Å². The molecule has 1 aliphatic rings. The Morgan fingerprint density at radius 1 is 1.48 bits per heavy atom. The number of aromatic nitrogens is 3. The van der Waals surface area contributed by atoms with Gasteiger partial charge in [-0.3, -0.25) is 4.79 Å². The Morgan fingerprint density at radius 2 is 2.33 bits per heavy atom. The molecule has 0 atom stereocenters. The fourth-order valence-electron chi connectivity index (χ4n) is 2.45. The van der Waals surface area contributed by atoms with Crippen LogP contribution < -0.4 is 10.1 Å². The second-order valence-electron chi connectivity index (χ2n) is 4.81. The van der Waals surface area contributed by atoms with Crippen molar-refractivity contribution < 1.29 is 9.53 Å². The van der Waals surface area contributed by atoms with E-state index in [1.807, 2.05) is 0 Å². The van der Waals surface area contributed by atoms with Crippen LogP contribution in [0.4, 0.5) is 0 Å². The molecule has 1 N–H and O–H groups in total. The van der Waals surface area contributed by atoms with Crippen LogP contribution in [-0.2, 0) is 19.5 Å². The van der Waals surface area contributed by atoms with Crippen molar-refractivity contribution >= 4 is 17.5 Å². The zero-order chi connectivity index (χ0) is 14.8. The van der Waals surface area contributed by atoms with Crippen LogP contribution in [0.1, 0.15) is 28.4 Å². The molecule has 0 spiro atoms. The van der Waals surface area contributed by atoms with Gasteiger partial charge < -0.3 is 14.6 Å². The van der Waals surface area contributed by atoms with Crippen LogP contribution >= 0.6 is 11.6 Å². The fourth-order valence-corrected chi connectivity index (χ4v) is 2.63. The lowest BCUT2D eigenvalue weighted by molar-refractivity contribution is 0.0946. The maximum atomic E-state index is 12.3. The van der Waals surface area contributed by atoms with E-state index in [9.17, 15) is 4.79 Å². The Labute approximate surface area is 127 Å². The van der Waals surface area contributed by atoms with E-state index < -0.39 is 0 Å². The van der Waals surface area contributed by atoms with Gasteiger partial charge in [0.1, 0.15) is 11.6 Å². The number of carbonyl (C=O) groups excluding carboxylic acids is 1. The van der Waals surface area contributed by atoms with Crippen LogP contribution in [0, 0.1) is 0 Å². The smallest absolute Gasteiger partial charge is 0.255 e. The van der Waals surface area contributed by atoms with Crippen LogP contribution in [0.15, 0.2) is 18.2 Å². The molecule has 0 unspecified atom stereocenters. The third-order valence-electron chi connectivity index (χ3n) is 3.50. The minimum Gasteiger partial charge on any atom is -0.496 e. The molecule has 1 aromatic heterocycles. The zero-order valence-electron chi connectivity index (χ0n) is 11.6. The number of hydrogen-bond donors (Lipinski definition) is 1. The lowest BCUT2D eigenvalue weighted by Crippen LogP contribution is -2.25. The Hall–Kier alpha value is -2.08. The Morgan fingerprint density at radius 3 is 3.14 bits per heavy atom. The van der Waals surface area contributed by atoms with Gasteiger partial charge in [-0.1, -0.05) is 11.6 Å². The molecule has 1 amide bonds. The predicted octanol–water partition coefficient (Wildman–Crippen LogP) is 1.82. The predicted molar refractivity (Wildman–Crippen MR) is 77.5 cm³/mol. The first kappa shape index (κ1) is 13.9. The molecule has 0 fully saturated rings. The summed E-state index contributed by atoms with van der Waals surface area (Å²) in [7, 11) is 1.52. The summed E-state index contributed by atoms with van der Waals surface area (Å²) in [5.41, 5.74) is 0.408. The van der Waals surface area contributed by atoms with E-state index in [0.29, 0.717) is 22.9 Å². The summed E-state index contributed by atoms with van der Waals surface area (Å²) in [6.07, 6.45) is 2.02. The van der Waals surface area contributed by atoms with Gasteiger partial charge in [0.05, 0.1) is 19.2 Å². The summed E-state index contributed by atoms with van der Waals surface area (Å²) in [6.45, 7) is 1.25. The molecule has 0 radical (unpaired) electrons. The Kier molecular flexibility index (Phi) is 3.79. The first-order valence-electron chi connectivity index (χ1n) is 6.71. The third-order valence-corrected chi connectivity index (χ3v) is 3.73. The largest absolute Gasteiger partial charge is 0.496 e. The van der Waals surface area contributed by atoms with E-state index in [2.05, 4.69) is 20.1 Å². The van der Waals surface area contributed by atoms with Crippen molar-refractivity contribution in [3.8, 4) is 5.75 Å². The van der Waals surface area contributed by atoms with Gasteiger partial charge in [-0.2, -0.15) is 0 Å². The highest BCUT2D eigenvalue weighted by atomic mass is 35.5. The SMILES string of the molecule is COc1ccc(Cl)cc1C(=O)NCc1nnc2n1CCC2. The zero-order valence-corrected chi connectivity index (χ0v) is 12.4. The molecule has 21 heavy (non-hydrogen) atoms. The number of rotatable bonds is 4. The van der Waals surface area contributed by atoms with Gasteiger partial charge in [0, 0.05) is 18.0 Å². The van der Waals surface area contributed by atoms with E-state index in [4.69, 9.17) is 16.3 Å². The normalized spacial score (nSPS) is 13.0. The number of benzene rings is 1. The van der Waals surface area contributed by atoms with E-state index in [0.717, 1.165) is 31.0 Å². The third kappa shape index (κ3) is 2.71. The number of fused-ring (bicyclic) bond motifs is 1. The van der Waals surface area contributed by atoms with Crippen molar-refractivity contribution in [2.75, 3.05) is 7.11 Å². The van der Waals surface area contributed by atoms with Gasteiger partial charge in [-0.15, -0.1) is 10.2 Å². The number of nitrogens with zero attached hydrogens (tertiary/aromatic N) is 3. The van der Waals surface area contributed by atoms with E-state index in [-0.39, 0.29) is 5.91 Å². The van der Waals surface area contributed by atoms with Gasteiger partial charge in [-0.25, -0.2) is 0 Å². The number of amides is 1. The molecule has 110 valence electrons.